The van der Waals surface area contributed by atoms with Crippen LogP contribution in [-0.2, 0) is 17.8 Å². The third-order valence-electron chi connectivity index (χ3n) is 7.05. The number of hydrogen-bond donors (Lipinski definition) is 2. The zero-order valence-corrected chi connectivity index (χ0v) is 25.5. The molecule has 0 bridgehead atoms. The maximum Gasteiger partial charge on any atom is 0.460 e. The van der Waals surface area contributed by atoms with Crippen LogP contribution in [0.4, 0.5) is 79.4 Å². The second-order valence-corrected chi connectivity index (χ2v) is 11.4. The van der Waals surface area contributed by atoms with E-state index in [4.69, 9.17) is 0 Å². The van der Waals surface area contributed by atoms with Gasteiger partial charge < -0.3 is 15.4 Å². The molecule has 1 heterocycles. The number of nitrogens with one attached hydrogen (secondary N) is 2. The van der Waals surface area contributed by atoms with Crippen LogP contribution in [0.2, 0.25) is 0 Å². The van der Waals surface area contributed by atoms with Crippen molar-refractivity contribution in [1.82, 2.24) is 15.6 Å². The molecule has 2 amide bonds. The quantitative estimate of drug-likeness (QED) is 0.178. The van der Waals surface area contributed by atoms with Gasteiger partial charge in [-0.15, -0.1) is 0 Å². The van der Waals surface area contributed by atoms with E-state index in [-0.39, 0.29) is 12.1 Å². The topological polar surface area (TPSA) is 80.3 Å². The summed E-state index contributed by atoms with van der Waals surface area (Å²) in [6.45, 7) is 1.13. The van der Waals surface area contributed by atoms with Crippen molar-refractivity contribution in [1.29, 1.82) is 0 Å². The predicted molar refractivity (Wildman–Crippen MR) is 139 cm³/mol. The highest BCUT2D eigenvalue weighted by atomic mass is 19.4. The summed E-state index contributed by atoms with van der Waals surface area (Å²) >= 11 is 0. The fourth-order valence-electron chi connectivity index (χ4n) is 3.88. The van der Waals surface area contributed by atoms with Gasteiger partial charge in [-0.3, -0.25) is 9.78 Å². The number of alkyl carbamates (subject to hydrolysis) is 1. The monoisotopic (exact) mass is 773 g/mol. The largest absolute Gasteiger partial charge is 0.460 e. The molecule has 6 nitrogen and oxygen atoms in total. The van der Waals surface area contributed by atoms with Crippen molar-refractivity contribution in [3.63, 3.8) is 0 Å². The van der Waals surface area contributed by atoms with Gasteiger partial charge in [0.1, 0.15) is 5.60 Å². The first-order valence-electron chi connectivity index (χ1n) is 13.7. The minimum absolute atomic E-state index is 0.159. The van der Waals surface area contributed by atoms with Crippen molar-refractivity contribution >= 4 is 12.0 Å². The van der Waals surface area contributed by atoms with E-state index in [1.165, 1.54) is 36.7 Å². The molecule has 0 atom stereocenters. The van der Waals surface area contributed by atoms with Gasteiger partial charge in [0.05, 0.1) is 0 Å². The summed E-state index contributed by atoms with van der Waals surface area (Å²) in [6.07, 6.45) is -10.7. The van der Waals surface area contributed by atoms with Crippen molar-refractivity contribution < 1.29 is 89.0 Å². The van der Waals surface area contributed by atoms with Gasteiger partial charge in [-0.05, 0) is 55.7 Å². The van der Waals surface area contributed by atoms with Crippen LogP contribution in [0.15, 0.2) is 48.8 Å². The smallest absolute Gasteiger partial charge is 0.444 e. The van der Waals surface area contributed by atoms with Gasteiger partial charge in [0, 0.05) is 37.5 Å². The molecule has 0 aliphatic heterocycles. The van der Waals surface area contributed by atoms with Gasteiger partial charge in [-0.25, -0.2) is 4.79 Å². The van der Waals surface area contributed by atoms with Crippen LogP contribution in [0.1, 0.15) is 48.2 Å². The van der Waals surface area contributed by atoms with Crippen LogP contribution in [0.25, 0.3) is 0 Å². The highest BCUT2D eigenvalue weighted by Crippen LogP contribution is 2.64. The van der Waals surface area contributed by atoms with Crippen molar-refractivity contribution in [2.24, 2.45) is 0 Å². The molecule has 0 saturated carbocycles. The van der Waals surface area contributed by atoms with Gasteiger partial charge >= 0.3 is 53.7 Å². The number of pyridine rings is 1. The Hall–Kier alpha value is -4.08. The lowest BCUT2D eigenvalue weighted by molar-refractivity contribution is -0.462. The van der Waals surface area contributed by atoms with Gasteiger partial charge in [-0.2, -0.15) is 74.6 Å². The number of nitrogens with zero attached hydrogens (tertiary/aromatic N) is 1. The van der Waals surface area contributed by atoms with Crippen molar-refractivity contribution in [2.75, 3.05) is 0 Å². The number of carbonyl (C=O) groups excluding carboxylic acids is 2. The van der Waals surface area contributed by atoms with Gasteiger partial charge in [0.2, 0.25) is 0 Å². The number of benzene rings is 1. The molecule has 0 radical (unpaired) electrons. The molecular formula is C28H24F17N3O3. The fourth-order valence-corrected chi connectivity index (χ4v) is 3.88. The molecule has 23 heteroatoms. The Morgan fingerprint density at radius 1 is 0.569 bits per heavy atom. The summed E-state index contributed by atoms with van der Waals surface area (Å²) in [5, 5.41) is 4.67. The number of halogens is 17. The molecule has 0 unspecified atom stereocenters. The summed E-state index contributed by atoms with van der Waals surface area (Å²) in [5.74, 6) is -57.5. The molecule has 0 fully saturated rings. The zero-order valence-electron chi connectivity index (χ0n) is 25.5. The van der Waals surface area contributed by atoms with E-state index in [9.17, 15) is 84.2 Å². The Morgan fingerprint density at radius 3 is 1.45 bits per heavy atom. The van der Waals surface area contributed by atoms with E-state index < -0.39 is 84.6 Å². The normalized spacial score (nSPS) is 14.3. The van der Waals surface area contributed by atoms with Gasteiger partial charge in [0.25, 0.3) is 5.91 Å². The summed E-state index contributed by atoms with van der Waals surface area (Å²) < 4.78 is 234. The van der Waals surface area contributed by atoms with Crippen LogP contribution >= 0.6 is 0 Å². The molecular weight excluding hydrogens is 749 g/mol. The standard InChI is InChI=1S/C28H24F17N3O3/c1-20(2,51-19(50)48-14-15-3-5-17(6-4-15)18(49)47-13-16-7-11-46-12-8-16)9-10-21(29,30)22(31,32)23(33,34)24(35,36)25(37,38)26(39,40)27(41,42)28(43,44)45/h3-8,11-12H,9-10,13-14H2,1-2H3,(H,47,49)(H,48,50). The molecule has 2 N–H and O–H groups in total. The summed E-state index contributed by atoms with van der Waals surface area (Å²) in [6, 6.07) is 8.64. The highest BCUT2D eigenvalue weighted by Gasteiger charge is 2.95. The first-order valence-corrected chi connectivity index (χ1v) is 13.7. The Kier molecular flexibility index (Phi) is 12.0. The van der Waals surface area contributed by atoms with E-state index in [0.29, 0.717) is 19.4 Å². The van der Waals surface area contributed by atoms with Crippen molar-refractivity contribution in [3.8, 4) is 0 Å². The number of ether oxygens (including phenoxy) is 1. The number of hydrogen-bond acceptors (Lipinski definition) is 4. The average Bonchev–Trinajstić information content (AvgIpc) is 3.01. The summed E-state index contributed by atoms with van der Waals surface area (Å²) in [4.78, 5) is 28.2. The lowest BCUT2D eigenvalue weighted by Crippen LogP contribution is -2.74. The molecule has 0 spiro atoms. The maximum absolute atomic E-state index is 14.3. The SMILES string of the molecule is CC(C)(CCC(F)(F)C(F)(F)C(F)(F)C(F)(F)C(F)(F)C(F)(F)C(F)(F)C(F)(F)F)OC(=O)NCc1ccc(C(=O)NCc2ccncc2)cc1. The Balaban J connectivity index is 2.08. The van der Waals surface area contributed by atoms with Crippen LogP contribution in [0.5, 0.6) is 0 Å². The first kappa shape index (κ1) is 43.1. The van der Waals surface area contributed by atoms with E-state index in [1.54, 1.807) is 12.1 Å². The second kappa shape index (κ2) is 14.2. The summed E-state index contributed by atoms with van der Waals surface area (Å²) in [5.41, 5.74) is -1.18. The van der Waals surface area contributed by atoms with Crippen LogP contribution < -0.4 is 10.6 Å². The zero-order chi connectivity index (χ0) is 39.7. The summed E-state index contributed by atoms with van der Waals surface area (Å²) in [7, 11) is 0. The molecule has 1 aromatic heterocycles. The number of amides is 2. The third kappa shape index (κ3) is 8.36. The minimum Gasteiger partial charge on any atom is -0.444 e. The number of rotatable bonds is 15. The molecule has 1 aromatic carbocycles. The van der Waals surface area contributed by atoms with Gasteiger partial charge in [0.15, 0.2) is 0 Å². The molecule has 2 rings (SSSR count). The van der Waals surface area contributed by atoms with Crippen molar-refractivity contribution in [3.05, 3.63) is 65.5 Å². The van der Waals surface area contributed by atoms with Gasteiger partial charge in [-0.1, -0.05) is 12.1 Å². The highest BCUT2D eigenvalue weighted by molar-refractivity contribution is 5.94. The number of aromatic nitrogens is 1. The number of alkyl halides is 17. The molecule has 0 saturated heterocycles. The fraction of sp³-hybridized carbons (Fsp3) is 0.536. The maximum atomic E-state index is 14.3. The third-order valence-corrected chi connectivity index (χ3v) is 7.05. The average molecular weight is 773 g/mol. The molecule has 0 aliphatic rings. The van der Waals surface area contributed by atoms with E-state index in [0.717, 1.165) is 5.56 Å². The minimum atomic E-state index is -8.71. The van der Waals surface area contributed by atoms with E-state index in [1.807, 2.05) is 0 Å². The van der Waals surface area contributed by atoms with E-state index in [2.05, 4.69) is 20.4 Å². The molecule has 51 heavy (non-hydrogen) atoms. The first-order chi connectivity index (χ1) is 22.8. The molecule has 288 valence electrons. The van der Waals surface area contributed by atoms with Crippen LogP contribution in [-0.4, -0.2) is 70.2 Å². The van der Waals surface area contributed by atoms with Crippen LogP contribution in [0, 0.1) is 0 Å². The second-order valence-electron chi connectivity index (χ2n) is 11.4. The Labute approximate surface area is 275 Å². The van der Waals surface area contributed by atoms with E-state index >= 15 is 0 Å². The Bertz CT molecular complexity index is 1510. The van der Waals surface area contributed by atoms with Crippen molar-refractivity contribution in [2.45, 2.75) is 93.0 Å². The lowest BCUT2D eigenvalue weighted by Gasteiger charge is -2.43. The Morgan fingerprint density at radius 2 is 0.980 bits per heavy atom. The molecule has 0 aliphatic carbocycles. The number of carbonyl (C=O) groups is 2. The van der Waals surface area contributed by atoms with Crippen LogP contribution in [0.3, 0.4) is 0 Å². The predicted octanol–water partition coefficient (Wildman–Crippen LogP) is 8.81. The molecule has 2 aromatic rings. The lowest BCUT2D eigenvalue weighted by atomic mass is 9.87.